The van der Waals surface area contributed by atoms with Crippen molar-refractivity contribution in [3.63, 3.8) is 0 Å². The predicted molar refractivity (Wildman–Crippen MR) is 37.3 cm³/mol. The zero-order valence-electron chi connectivity index (χ0n) is 6.02. The van der Waals surface area contributed by atoms with E-state index in [4.69, 9.17) is 0 Å². The van der Waals surface area contributed by atoms with Crippen LogP contribution in [0.5, 0.6) is 0 Å². The highest BCUT2D eigenvalue weighted by Gasteiger charge is 2.24. The zero-order chi connectivity index (χ0) is 7.56. The van der Waals surface area contributed by atoms with Crippen LogP contribution in [0.2, 0.25) is 0 Å². The summed E-state index contributed by atoms with van der Waals surface area (Å²) in [4.78, 5) is 10.8. The lowest BCUT2D eigenvalue weighted by Crippen LogP contribution is -2.30. The van der Waals surface area contributed by atoms with Crippen molar-refractivity contribution in [2.24, 2.45) is 0 Å². The van der Waals surface area contributed by atoms with Crippen LogP contribution in [-0.4, -0.2) is 19.1 Å². The monoisotopic (exact) mass is 141 g/mol. The van der Waals surface area contributed by atoms with Gasteiger partial charge in [-0.3, -0.25) is 0 Å². The third kappa shape index (κ3) is 1.29. The molecule has 1 saturated heterocycles. The average Bonchev–Trinajstić information content (AvgIpc) is 2.34. The van der Waals surface area contributed by atoms with Crippen LogP contribution >= 0.6 is 0 Å². The van der Waals surface area contributed by atoms with Crippen LogP contribution in [0.1, 0.15) is 12.8 Å². The molecule has 0 aromatic heterocycles. The van der Waals surface area contributed by atoms with E-state index in [1.165, 1.54) is 7.11 Å². The van der Waals surface area contributed by atoms with E-state index in [1.54, 1.807) is 0 Å². The largest absolute Gasteiger partial charge is 0.467 e. The lowest BCUT2D eigenvalue weighted by Gasteiger charge is -2.06. The van der Waals surface area contributed by atoms with Crippen molar-refractivity contribution in [3.8, 4) is 0 Å². The zero-order valence-corrected chi connectivity index (χ0v) is 6.02. The van der Waals surface area contributed by atoms with E-state index in [1.807, 2.05) is 0 Å². The van der Waals surface area contributed by atoms with Gasteiger partial charge in [-0.2, -0.15) is 0 Å². The Morgan fingerprint density at radius 1 is 1.90 bits per heavy atom. The first-order chi connectivity index (χ1) is 4.74. The highest BCUT2D eigenvalue weighted by atomic mass is 16.5. The molecule has 1 N–H and O–H groups in total. The summed E-state index contributed by atoms with van der Waals surface area (Å²) in [7, 11) is 1.39. The fourth-order valence-corrected chi connectivity index (χ4v) is 1.03. The number of rotatable bonds is 1. The van der Waals surface area contributed by atoms with Gasteiger partial charge in [-0.15, -0.1) is 0 Å². The van der Waals surface area contributed by atoms with Crippen molar-refractivity contribution < 1.29 is 9.53 Å². The van der Waals surface area contributed by atoms with Crippen molar-refractivity contribution >= 4 is 5.97 Å². The van der Waals surface area contributed by atoms with Crippen LogP contribution in [-0.2, 0) is 9.53 Å². The van der Waals surface area contributed by atoms with Crippen LogP contribution in [0.4, 0.5) is 0 Å². The summed E-state index contributed by atoms with van der Waals surface area (Å²) in [6.45, 7) is 3.70. The van der Waals surface area contributed by atoms with Crippen LogP contribution in [0, 0.1) is 0 Å². The van der Waals surface area contributed by atoms with Crippen LogP contribution in [0.25, 0.3) is 0 Å². The van der Waals surface area contributed by atoms with Crippen LogP contribution in [0.3, 0.4) is 0 Å². The van der Waals surface area contributed by atoms with Crippen molar-refractivity contribution in [1.82, 2.24) is 5.32 Å². The SMILES string of the molecule is C=C1CC[C@H](C(=O)OC)N1. The number of carbonyl (C=O) groups is 1. The molecule has 0 aromatic carbocycles. The van der Waals surface area contributed by atoms with E-state index in [2.05, 4.69) is 16.6 Å². The smallest absolute Gasteiger partial charge is 0.328 e. The summed E-state index contributed by atoms with van der Waals surface area (Å²) >= 11 is 0. The second kappa shape index (κ2) is 2.73. The molecule has 56 valence electrons. The molecule has 3 nitrogen and oxygen atoms in total. The summed E-state index contributed by atoms with van der Waals surface area (Å²) in [6.07, 6.45) is 1.69. The Morgan fingerprint density at radius 3 is 3.00 bits per heavy atom. The molecule has 1 aliphatic rings. The minimum absolute atomic E-state index is 0.155. The van der Waals surface area contributed by atoms with Gasteiger partial charge in [0.15, 0.2) is 0 Å². The fraction of sp³-hybridized carbons (Fsp3) is 0.571. The Kier molecular flexibility index (Phi) is 1.94. The Hall–Kier alpha value is -0.990. The van der Waals surface area contributed by atoms with Crippen molar-refractivity contribution in [2.75, 3.05) is 7.11 Å². The van der Waals surface area contributed by atoms with Crippen molar-refractivity contribution in [1.29, 1.82) is 0 Å². The number of ether oxygens (including phenoxy) is 1. The minimum Gasteiger partial charge on any atom is -0.467 e. The summed E-state index contributed by atoms with van der Waals surface area (Å²) in [5.74, 6) is -0.196. The number of nitrogens with one attached hydrogen (secondary N) is 1. The summed E-state index contributed by atoms with van der Waals surface area (Å²) in [5.41, 5.74) is 0.926. The molecule has 10 heavy (non-hydrogen) atoms. The quantitative estimate of drug-likeness (QED) is 0.538. The number of methoxy groups -OCH3 is 1. The van der Waals surface area contributed by atoms with Gasteiger partial charge in [0.1, 0.15) is 6.04 Å². The Morgan fingerprint density at radius 2 is 2.60 bits per heavy atom. The number of esters is 1. The lowest BCUT2D eigenvalue weighted by atomic mass is 10.2. The molecular weight excluding hydrogens is 130 g/mol. The first-order valence-electron chi connectivity index (χ1n) is 3.26. The van der Waals surface area contributed by atoms with Gasteiger partial charge in [0.25, 0.3) is 0 Å². The Bertz CT molecular complexity index is 165. The van der Waals surface area contributed by atoms with E-state index in [9.17, 15) is 4.79 Å². The van der Waals surface area contributed by atoms with E-state index in [0.717, 1.165) is 18.5 Å². The maximum atomic E-state index is 10.8. The standard InChI is InChI=1S/C7H11NO2/c1-5-3-4-6(8-5)7(9)10-2/h6,8H,1,3-4H2,2H3/t6-/m1/s1. The van der Waals surface area contributed by atoms with Crippen molar-refractivity contribution in [3.05, 3.63) is 12.3 Å². The molecule has 1 rings (SSSR count). The van der Waals surface area contributed by atoms with E-state index >= 15 is 0 Å². The Balaban J connectivity index is 2.44. The van der Waals surface area contributed by atoms with Gasteiger partial charge in [0.2, 0.25) is 0 Å². The van der Waals surface area contributed by atoms with Crippen molar-refractivity contribution in [2.45, 2.75) is 18.9 Å². The highest BCUT2D eigenvalue weighted by molar-refractivity contribution is 5.76. The molecule has 0 radical (unpaired) electrons. The molecule has 0 aliphatic carbocycles. The second-order valence-electron chi connectivity index (χ2n) is 2.36. The van der Waals surface area contributed by atoms with E-state index < -0.39 is 0 Å². The third-order valence-corrected chi connectivity index (χ3v) is 1.60. The molecule has 0 saturated carbocycles. The molecule has 0 unspecified atom stereocenters. The lowest BCUT2D eigenvalue weighted by molar-refractivity contribution is -0.142. The van der Waals surface area contributed by atoms with Crippen LogP contribution < -0.4 is 5.32 Å². The summed E-state index contributed by atoms with van der Waals surface area (Å²) in [5, 5.41) is 2.94. The molecule has 0 bridgehead atoms. The molecule has 3 heteroatoms. The number of carbonyl (C=O) groups excluding carboxylic acids is 1. The second-order valence-corrected chi connectivity index (χ2v) is 2.36. The maximum absolute atomic E-state index is 10.8. The van der Waals surface area contributed by atoms with Gasteiger partial charge in [-0.1, -0.05) is 6.58 Å². The number of allylic oxidation sites excluding steroid dienone is 1. The van der Waals surface area contributed by atoms with E-state index in [-0.39, 0.29) is 12.0 Å². The normalized spacial score (nSPS) is 24.1. The molecule has 0 amide bonds. The van der Waals surface area contributed by atoms with Gasteiger partial charge < -0.3 is 10.1 Å². The minimum atomic E-state index is -0.196. The van der Waals surface area contributed by atoms with Gasteiger partial charge in [0, 0.05) is 5.70 Å². The van der Waals surface area contributed by atoms with Gasteiger partial charge in [-0.25, -0.2) is 4.79 Å². The number of hydrogen-bond acceptors (Lipinski definition) is 3. The molecule has 1 heterocycles. The molecule has 0 aromatic rings. The Labute approximate surface area is 60.1 Å². The third-order valence-electron chi connectivity index (χ3n) is 1.60. The van der Waals surface area contributed by atoms with Gasteiger partial charge in [-0.05, 0) is 12.8 Å². The predicted octanol–water partition coefficient (Wildman–Crippen LogP) is 0.425. The molecule has 1 fully saturated rings. The molecule has 1 aliphatic heterocycles. The first-order valence-corrected chi connectivity index (χ1v) is 3.26. The molecular formula is C7H11NO2. The number of hydrogen-bond donors (Lipinski definition) is 1. The topological polar surface area (TPSA) is 38.3 Å². The van der Waals surface area contributed by atoms with Gasteiger partial charge >= 0.3 is 5.97 Å². The summed E-state index contributed by atoms with van der Waals surface area (Å²) in [6, 6.07) is -0.155. The molecule has 1 atom stereocenters. The molecule has 0 spiro atoms. The summed E-state index contributed by atoms with van der Waals surface area (Å²) < 4.78 is 4.54. The van der Waals surface area contributed by atoms with Crippen LogP contribution in [0.15, 0.2) is 12.3 Å². The van der Waals surface area contributed by atoms with Gasteiger partial charge in [0.05, 0.1) is 7.11 Å². The maximum Gasteiger partial charge on any atom is 0.328 e. The fourth-order valence-electron chi connectivity index (χ4n) is 1.03. The highest BCUT2D eigenvalue weighted by Crippen LogP contribution is 2.13. The first kappa shape index (κ1) is 7.12. The van der Waals surface area contributed by atoms with E-state index in [0.29, 0.717) is 0 Å². The average molecular weight is 141 g/mol.